The van der Waals surface area contributed by atoms with Crippen LogP contribution >= 0.6 is 11.5 Å². The summed E-state index contributed by atoms with van der Waals surface area (Å²) in [5.74, 6) is 0.134. The summed E-state index contributed by atoms with van der Waals surface area (Å²) in [7, 11) is 0. The number of carbonyl (C=O) groups is 2. The first-order chi connectivity index (χ1) is 11.2. The van der Waals surface area contributed by atoms with Gasteiger partial charge in [-0.05, 0) is 30.8 Å². The van der Waals surface area contributed by atoms with Crippen LogP contribution in [0.1, 0.15) is 29.8 Å². The van der Waals surface area contributed by atoms with E-state index in [9.17, 15) is 9.59 Å². The summed E-state index contributed by atoms with van der Waals surface area (Å²) in [6.07, 6.45) is 3.04. The molecule has 2 amide bonds. The molecule has 8 heteroatoms. The quantitative estimate of drug-likeness (QED) is 0.792. The zero-order chi connectivity index (χ0) is 15.8. The molecule has 3 saturated heterocycles. The number of ether oxygens (including phenoxy) is 1. The van der Waals surface area contributed by atoms with Gasteiger partial charge >= 0.3 is 0 Å². The number of likely N-dealkylation sites (tertiary alicyclic amines) is 2. The van der Waals surface area contributed by atoms with E-state index in [1.807, 2.05) is 4.90 Å². The third-order valence-electron chi connectivity index (χ3n) is 5.20. The van der Waals surface area contributed by atoms with Gasteiger partial charge in [0.25, 0.3) is 5.91 Å². The molecule has 0 aromatic carbocycles. The number of rotatable bonds is 2. The van der Waals surface area contributed by atoms with Gasteiger partial charge in [-0.1, -0.05) is 4.49 Å². The Bertz CT molecular complexity index is 588. The van der Waals surface area contributed by atoms with Crippen LogP contribution in [0, 0.1) is 11.8 Å². The van der Waals surface area contributed by atoms with Crippen molar-refractivity contribution in [2.24, 2.45) is 11.8 Å². The second kappa shape index (κ2) is 6.16. The highest BCUT2D eigenvalue weighted by atomic mass is 32.1. The minimum absolute atomic E-state index is 0.0316. The normalized spacial score (nSPS) is 30.5. The predicted octanol–water partition coefficient (Wildman–Crippen LogP) is 0.638. The van der Waals surface area contributed by atoms with E-state index >= 15 is 0 Å². The highest BCUT2D eigenvalue weighted by molar-refractivity contribution is 7.03. The molecule has 4 rings (SSSR count). The lowest BCUT2D eigenvalue weighted by Crippen LogP contribution is -2.54. The van der Waals surface area contributed by atoms with E-state index in [0.717, 1.165) is 43.9 Å². The molecule has 7 nitrogen and oxygen atoms in total. The maximum absolute atomic E-state index is 12.9. The highest BCUT2D eigenvalue weighted by Gasteiger charge is 2.46. The molecule has 3 aliphatic rings. The number of aromatic nitrogens is 2. The van der Waals surface area contributed by atoms with E-state index in [-0.39, 0.29) is 29.8 Å². The number of fused-ring (bicyclic) bond motifs is 1. The van der Waals surface area contributed by atoms with Crippen molar-refractivity contribution in [1.82, 2.24) is 19.4 Å². The van der Waals surface area contributed by atoms with Crippen molar-refractivity contribution >= 4 is 23.3 Å². The fraction of sp³-hybridized carbons (Fsp3) is 0.733. The van der Waals surface area contributed by atoms with Gasteiger partial charge in [-0.15, -0.1) is 5.10 Å². The summed E-state index contributed by atoms with van der Waals surface area (Å²) in [6, 6.07) is 0. The first-order valence-electron chi connectivity index (χ1n) is 8.21. The van der Waals surface area contributed by atoms with Gasteiger partial charge < -0.3 is 14.5 Å². The topological polar surface area (TPSA) is 75.6 Å². The van der Waals surface area contributed by atoms with Crippen LogP contribution in [-0.2, 0) is 9.53 Å². The molecule has 1 aromatic heterocycles. The van der Waals surface area contributed by atoms with Crippen LogP contribution in [0.4, 0.5) is 0 Å². The van der Waals surface area contributed by atoms with Crippen molar-refractivity contribution < 1.29 is 14.3 Å². The molecule has 0 spiro atoms. The fourth-order valence-electron chi connectivity index (χ4n) is 4.00. The number of piperidine rings is 1. The van der Waals surface area contributed by atoms with Crippen LogP contribution in [0.15, 0.2) is 5.38 Å². The van der Waals surface area contributed by atoms with Crippen LogP contribution in [0.25, 0.3) is 0 Å². The smallest absolute Gasteiger partial charge is 0.275 e. The van der Waals surface area contributed by atoms with Crippen molar-refractivity contribution in [3.8, 4) is 0 Å². The summed E-state index contributed by atoms with van der Waals surface area (Å²) >= 11 is 1.16. The second-order valence-corrected chi connectivity index (χ2v) is 7.11. The molecule has 0 N–H and O–H groups in total. The van der Waals surface area contributed by atoms with Crippen LogP contribution < -0.4 is 0 Å². The molecule has 0 bridgehead atoms. The third kappa shape index (κ3) is 2.74. The number of hydrogen-bond donors (Lipinski definition) is 0. The lowest BCUT2D eigenvalue weighted by molar-refractivity contribution is -0.139. The van der Waals surface area contributed by atoms with E-state index in [2.05, 4.69) is 9.59 Å². The lowest BCUT2D eigenvalue weighted by Gasteiger charge is -2.40. The van der Waals surface area contributed by atoms with Gasteiger partial charge in [-0.2, -0.15) is 0 Å². The summed E-state index contributed by atoms with van der Waals surface area (Å²) < 4.78 is 9.56. The molecule has 3 atom stereocenters. The number of amides is 2. The zero-order valence-corrected chi connectivity index (χ0v) is 13.7. The minimum atomic E-state index is -0.148. The van der Waals surface area contributed by atoms with Crippen molar-refractivity contribution in [3.63, 3.8) is 0 Å². The molecule has 0 unspecified atom stereocenters. The molecular weight excluding hydrogens is 316 g/mol. The Balaban J connectivity index is 1.54. The first kappa shape index (κ1) is 15.0. The van der Waals surface area contributed by atoms with Gasteiger partial charge in [0.1, 0.15) is 0 Å². The Labute approximate surface area is 138 Å². The monoisotopic (exact) mass is 336 g/mol. The van der Waals surface area contributed by atoms with Crippen molar-refractivity contribution in [1.29, 1.82) is 0 Å². The molecule has 0 radical (unpaired) electrons. The SMILES string of the molecule is O=C(c1csnn1)N1C[C@H](C(=O)N2CCCC2)[C@@H]2CCO[C@@H]2C1. The first-order valence-corrected chi connectivity index (χ1v) is 9.04. The van der Waals surface area contributed by atoms with Crippen LogP contribution in [0.5, 0.6) is 0 Å². The number of hydrogen-bond acceptors (Lipinski definition) is 6. The van der Waals surface area contributed by atoms with E-state index in [0.29, 0.717) is 25.4 Å². The van der Waals surface area contributed by atoms with E-state index in [4.69, 9.17) is 4.74 Å². The molecule has 1 aromatic rings. The van der Waals surface area contributed by atoms with Gasteiger partial charge in [0, 0.05) is 44.1 Å². The molecule has 124 valence electrons. The highest BCUT2D eigenvalue weighted by Crippen LogP contribution is 2.35. The van der Waals surface area contributed by atoms with Gasteiger partial charge in [0.15, 0.2) is 5.69 Å². The summed E-state index contributed by atoms with van der Waals surface area (Å²) in [5.41, 5.74) is 0.360. The molecule has 0 aliphatic carbocycles. The van der Waals surface area contributed by atoms with Gasteiger partial charge in [-0.25, -0.2) is 0 Å². The summed E-state index contributed by atoms with van der Waals surface area (Å²) in [6.45, 7) is 3.38. The second-order valence-electron chi connectivity index (χ2n) is 6.50. The van der Waals surface area contributed by atoms with E-state index in [1.165, 1.54) is 0 Å². The van der Waals surface area contributed by atoms with Crippen LogP contribution in [0.2, 0.25) is 0 Å². The van der Waals surface area contributed by atoms with Crippen molar-refractivity contribution in [2.75, 3.05) is 32.8 Å². The maximum Gasteiger partial charge on any atom is 0.275 e. The van der Waals surface area contributed by atoms with Gasteiger partial charge in [0.2, 0.25) is 5.91 Å². The largest absolute Gasteiger partial charge is 0.376 e. The minimum Gasteiger partial charge on any atom is -0.376 e. The van der Waals surface area contributed by atoms with Crippen molar-refractivity contribution in [2.45, 2.75) is 25.4 Å². The molecule has 0 saturated carbocycles. The Morgan fingerprint density at radius 3 is 2.78 bits per heavy atom. The molecular formula is C15H20N4O3S. The Morgan fingerprint density at radius 1 is 1.22 bits per heavy atom. The van der Waals surface area contributed by atoms with Crippen LogP contribution in [-0.4, -0.2) is 70.1 Å². The summed E-state index contributed by atoms with van der Waals surface area (Å²) in [4.78, 5) is 29.2. The molecule has 23 heavy (non-hydrogen) atoms. The Morgan fingerprint density at radius 2 is 2.04 bits per heavy atom. The number of carbonyl (C=O) groups excluding carboxylic acids is 2. The van der Waals surface area contributed by atoms with Crippen molar-refractivity contribution in [3.05, 3.63) is 11.1 Å². The Kier molecular flexibility index (Phi) is 4.02. The zero-order valence-electron chi connectivity index (χ0n) is 12.9. The average Bonchev–Trinajstić information content (AvgIpc) is 3.34. The standard InChI is InChI=1S/C15H20N4O3S/c20-14(18-4-1-2-5-18)11-7-19(8-13-10(11)3-6-22-13)15(21)12-9-23-17-16-12/h9-11,13H,1-8H2/t10-,11-,13+/m0/s1. The maximum atomic E-state index is 12.9. The third-order valence-corrected chi connectivity index (χ3v) is 5.70. The summed E-state index contributed by atoms with van der Waals surface area (Å²) in [5, 5.41) is 5.52. The fourth-order valence-corrected chi connectivity index (χ4v) is 4.43. The molecule has 4 heterocycles. The van der Waals surface area contributed by atoms with Gasteiger partial charge in [-0.3, -0.25) is 9.59 Å². The predicted molar refractivity (Wildman–Crippen MR) is 83.0 cm³/mol. The van der Waals surface area contributed by atoms with E-state index in [1.54, 1.807) is 10.3 Å². The van der Waals surface area contributed by atoms with Crippen LogP contribution in [0.3, 0.4) is 0 Å². The lowest BCUT2D eigenvalue weighted by atomic mass is 9.81. The van der Waals surface area contributed by atoms with E-state index < -0.39 is 0 Å². The molecule has 3 fully saturated rings. The molecule has 3 aliphatic heterocycles. The Hall–Kier alpha value is -1.54. The number of nitrogens with zero attached hydrogens (tertiary/aromatic N) is 4. The van der Waals surface area contributed by atoms with Gasteiger partial charge in [0.05, 0.1) is 12.0 Å². The average molecular weight is 336 g/mol.